The number of carbonyl (C=O) groups excluding carboxylic acids is 2. The standard InChI is InChI=1S/C22H24F3N3O3/c1-13(14-6-5-7-15(12-14)22(23,24)25)27-19(29)17-8-10-26-18-16(17)9-11-28(18)20(30)31-21(2,3)4/h5-8,10,12-13H,9,11H2,1-4H3,(H,27,29)/t13-/m1/s1. The number of anilines is 1. The average molecular weight is 435 g/mol. The number of ether oxygens (including phenoxy) is 1. The van der Waals surface area contributed by atoms with Gasteiger partial charge in [0.25, 0.3) is 5.91 Å². The molecule has 3 rings (SSSR count). The molecule has 0 aliphatic carbocycles. The molecule has 0 saturated carbocycles. The summed E-state index contributed by atoms with van der Waals surface area (Å²) in [6.45, 7) is 7.21. The van der Waals surface area contributed by atoms with E-state index in [1.807, 2.05) is 0 Å². The molecule has 31 heavy (non-hydrogen) atoms. The van der Waals surface area contributed by atoms with Crippen LogP contribution >= 0.6 is 0 Å². The quantitative estimate of drug-likeness (QED) is 0.745. The Labute approximate surface area is 178 Å². The lowest BCUT2D eigenvalue weighted by Gasteiger charge is -2.24. The SMILES string of the molecule is C[C@@H](NC(=O)c1ccnc2c1CCN2C(=O)OC(C)(C)C)c1cccc(C(F)(F)F)c1. The summed E-state index contributed by atoms with van der Waals surface area (Å²) in [5.41, 5.74) is -0.181. The number of aromatic nitrogens is 1. The number of pyridine rings is 1. The van der Waals surface area contributed by atoms with E-state index in [4.69, 9.17) is 4.74 Å². The molecular formula is C22H24F3N3O3. The number of nitrogens with one attached hydrogen (secondary N) is 1. The molecule has 0 fully saturated rings. The molecule has 1 aliphatic heterocycles. The second-order valence-corrected chi connectivity index (χ2v) is 8.36. The second kappa shape index (κ2) is 8.20. The van der Waals surface area contributed by atoms with Gasteiger partial charge >= 0.3 is 12.3 Å². The molecular weight excluding hydrogens is 411 g/mol. The Morgan fingerprint density at radius 2 is 1.90 bits per heavy atom. The number of rotatable bonds is 3. The van der Waals surface area contributed by atoms with Crippen LogP contribution in [0.4, 0.5) is 23.8 Å². The van der Waals surface area contributed by atoms with Crippen LogP contribution in [-0.4, -0.2) is 29.1 Å². The minimum absolute atomic E-state index is 0.324. The largest absolute Gasteiger partial charge is 0.443 e. The fourth-order valence-corrected chi connectivity index (χ4v) is 3.34. The van der Waals surface area contributed by atoms with Crippen LogP contribution in [0.3, 0.4) is 0 Å². The monoisotopic (exact) mass is 435 g/mol. The number of halogens is 3. The van der Waals surface area contributed by atoms with E-state index in [1.165, 1.54) is 29.3 Å². The van der Waals surface area contributed by atoms with Crippen LogP contribution in [0, 0.1) is 0 Å². The molecule has 1 aromatic carbocycles. The molecule has 6 nitrogen and oxygen atoms in total. The number of fused-ring (bicyclic) bond motifs is 1. The van der Waals surface area contributed by atoms with Crippen molar-refractivity contribution in [3.8, 4) is 0 Å². The van der Waals surface area contributed by atoms with Crippen LogP contribution in [0.15, 0.2) is 36.5 Å². The maximum atomic E-state index is 13.0. The Morgan fingerprint density at radius 1 is 1.19 bits per heavy atom. The predicted octanol–water partition coefficient (Wildman–Crippen LogP) is 4.89. The summed E-state index contributed by atoms with van der Waals surface area (Å²) in [6, 6.07) is 5.73. The Kier molecular flexibility index (Phi) is 5.98. The molecule has 0 saturated heterocycles. The van der Waals surface area contributed by atoms with Crippen molar-refractivity contribution in [2.45, 2.75) is 51.9 Å². The molecule has 2 heterocycles. The molecule has 1 atom stereocenters. The molecule has 0 radical (unpaired) electrons. The highest BCUT2D eigenvalue weighted by molar-refractivity contribution is 5.99. The zero-order valence-electron chi connectivity index (χ0n) is 17.7. The molecule has 0 unspecified atom stereocenters. The maximum Gasteiger partial charge on any atom is 0.416 e. The summed E-state index contributed by atoms with van der Waals surface area (Å²) in [7, 11) is 0. The minimum Gasteiger partial charge on any atom is -0.443 e. The summed E-state index contributed by atoms with van der Waals surface area (Å²) >= 11 is 0. The van der Waals surface area contributed by atoms with Crippen molar-refractivity contribution in [1.82, 2.24) is 10.3 Å². The van der Waals surface area contributed by atoms with E-state index in [0.29, 0.717) is 35.5 Å². The predicted molar refractivity (Wildman–Crippen MR) is 109 cm³/mol. The first-order valence-electron chi connectivity index (χ1n) is 9.83. The van der Waals surface area contributed by atoms with E-state index in [9.17, 15) is 22.8 Å². The highest BCUT2D eigenvalue weighted by Crippen LogP contribution is 2.32. The minimum atomic E-state index is -4.46. The summed E-state index contributed by atoms with van der Waals surface area (Å²) in [5, 5.41) is 2.73. The van der Waals surface area contributed by atoms with Gasteiger partial charge in [-0.25, -0.2) is 9.78 Å². The third-order valence-electron chi connectivity index (χ3n) is 4.79. The van der Waals surface area contributed by atoms with Crippen molar-refractivity contribution in [3.63, 3.8) is 0 Å². The fraction of sp³-hybridized carbons (Fsp3) is 0.409. The zero-order valence-corrected chi connectivity index (χ0v) is 17.7. The topological polar surface area (TPSA) is 71.5 Å². The van der Waals surface area contributed by atoms with Crippen molar-refractivity contribution in [1.29, 1.82) is 0 Å². The Balaban J connectivity index is 1.79. The normalized spacial score (nSPS) is 14.7. The Morgan fingerprint density at radius 3 is 2.55 bits per heavy atom. The number of hydrogen-bond acceptors (Lipinski definition) is 4. The fourth-order valence-electron chi connectivity index (χ4n) is 3.34. The second-order valence-electron chi connectivity index (χ2n) is 8.36. The van der Waals surface area contributed by atoms with E-state index in [0.717, 1.165) is 12.1 Å². The molecule has 0 spiro atoms. The number of benzene rings is 1. The molecule has 1 N–H and O–H groups in total. The maximum absolute atomic E-state index is 13.0. The number of alkyl halides is 3. The van der Waals surface area contributed by atoms with Crippen LogP contribution in [-0.2, 0) is 17.3 Å². The number of nitrogens with zero attached hydrogens (tertiary/aromatic N) is 2. The van der Waals surface area contributed by atoms with E-state index in [1.54, 1.807) is 27.7 Å². The van der Waals surface area contributed by atoms with Gasteiger partial charge in [-0.1, -0.05) is 12.1 Å². The smallest absolute Gasteiger partial charge is 0.416 e. The van der Waals surface area contributed by atoms with Crippen LogP contribution in [0.2, 0.25) is 0 Å². The summed E-state index contributed by atoms with van der Waals surface area (Å²) in [4.78, 5) is 30.9. The summed E-state index contributed by atoms with van der Waals surface area (Å²) < 4.78 is 44.3. The van der Waals surface area contributed by atoms with Crippen molar-refractivity contribution in [3.05, 3.63) is 58.8 Å². The average Bonchev–Trinajstić information content (AvgIpc) is 3.10. The van der Waals surface area contributed by atoms with Crippen LogP contribution in [0.5, 0.6) is 0 Å². The molecule has 2 aromatic rings. The first-order chi connectivity index (χ1) is 14.4. The third kappa shape index (κ3) is 5.15. The third-order valence-corrected chi connectivity index (χ3v) is 4.79. The van der Waals surface area contributed by atoms with Crippen molar-refractivity contribution >= 4 is 17.8 Å². The van der Waals surface area contributed by atoms with Crippen molar-refractivity contribution in [2.75, 3.05) is 11.4 Å². The zero-order chi connectivity index (χ0) is 23.0. The molecule has 0 bridgehead atoms. The highest BCUT2D eigenvalue weighted by atomic mass is 19.4. The van der Waals surface area contributed by atoms with Gasteiger partial charge in [0.2, 0.25) is 0 Å². The van der Waals surface area contributed by atoms with Crippen molar-refractivity contribution in [2.24, 2.45) is 0 Å². The summed E-state index contributed by atoms with van der Waals surface area (Å²) in [5.74, 6) is -0.0942. The lowest BCUT2D eigenvalue weighted by molar-refractivity contribution is -0.137. The molecule has 1 aliphatic rings. The lowest BCUT2D eigenvalue weighted by Crippen LogP contribution is -2.36. The van der Waals surface area contributed by atoms with Gasteiger partial charge in [-0.3, -0.25) is 9.69 Å². The van der Waals surface area contributed by atoms with Gasteiger partial charge in [0.15, 0.2) is 0 Å². The molecule has 1 aromatic heterocycles. The van der Waals surface area contributed by atoms with Gasteiger partial charge in [-0.05, 0) is 57.9 Å². The highest BCUT2D eigenvalue weighted by Gasteiger charge is 2.33. The Bertz CT molecular complexity index is 999. The van der Waals surface area contributed by atoms with Crippen LogP contribution in [0.25, 0.3) is 0 Å². The Hall–Kier alpha value is -3.10. The molecule has 166 valence electrons. The van der Waals surface area contributed by atoms with E-state index in [2.05, 4.69) is 10.3 Å². The molecule has 2 amide bonds. The first-order valence-corrected chi connectivity index (χ1v) is 9.83. The number of amides is 2. The van der Waals surface area contributed by atoms with E-state index >= 15 is 0 Å². The first kappa shape index (κ1) is 22.6. The van der Waals surface area contributed by atoms with Gasteiger partial charge in [0, 0.05) is 23.9 Å². The van der Waals surface area contributed by atoms with Crippen LogP contribution in [0.1, 0.15) is 60.8 Å². The van der Waals surface area contributed by atoms with Gasteiger partial charge in [-0.2, -0.15) is 13.2 Å². The van der Waals surface area contributed by atoms with Gasteiger partial charge in [0.1, 0.15) is 11.4 Å². The molecule has 9 heteroatoms. The van der Waals surface area contributed by atoms with Gasteiger partial charge in [-0.15, -0.1) is 0 Å². The van der Waals surface area contributed by atoms with Gasteiger partial charge < -0.3 is 10.1 Å². The summed E-state index contributed by atoms with van der Waals surface area (Å²) in [6.07, 6.45) is -3.17. The van der Waals surface area contributed by atoms with E-state index < -0.39 is 35.4 Å². The lowest BCUT2D eigenvalue weighted by atomic mass is 10.0. The van der Waals surface area contributed by atoms with Crippen molar-refractivity contribution < 1.29 is 27.5 Å². The van der Waals surface area contributed by atoms with Gasteiger partial charge in [0.05, 0.1) is 11.6 Å². The number of hydrogen-bond donors (Lipinski definition) is 1. The van der Waals surface area contributed by atoms with E-state index in [-0.39, 0.29) is 0 Å². The van der Waals surface area contributed by atoms with Crippen LogP contribution < -0.4 is 10.2 Å². The number of carbonyl (C=O) groups is 2.